The number of nitrogens with one attached hydrogen (secondary N) is 1. The highest BCUT2D eigenvalue weighted by Gasteiger charge is 2.40. The van der Waals surface area contributed by atoms with Gasteiger partial charge >= 0.3 is 6.18 Å². The van der Waals surface area contributed by atoms with Crippen molar-refractivity contribution in [1.82, 2.24) is 9.88 Å². The fraction of sp³-hybridized carbons (Fsp3) is 0.200. The van der Waals surface area contributed by atoms with Crippen LogP contribution < -0.4 is 14.8 Å². The summed E-state index contributed by atoms with van der Waals surface area (Å²) < 4.78 is 50.5. The van der Waals surface area contributed by atoms with Crippen LogP contribution in [0.2, 0.25) is 0 Å². The van der Waals surface area contributed by atoms with E-state index in [-0.39, 0.29) is 25.3 Å². The first-order valence-corrected chi connectivity index (χ1v) is 8.67. The summed E-state index contributed by atoms with van der Waals surface area (Å²) in [6.45, 7) is 0.129. The number of fused-ring (bicyclic) bond motifs is 2. The van der Waals surface area contributed by atoms with E-state index in [0.717, 1.165) is 11.8 Å². The Morgan fingerprint density at radius 1 is 1.07 bits per heavy atom. The third-order valence-corrected chi connectivity index (χ3v) is 4.53. The summed E-state index contributed by atoms with van der Waals surface area (Å²) in [4.78, 5) is 24.1. The normalized spacial score (nSPS) is 12.9. The molecular weight excluding hydrogens is 389 g/mol. The molecule has 0 spiro atoms. The fourth-order valence-electron chi connectivity index (χ4n) is 3.17. The summed E-state index contributed by atoms with van der Waals surface area (Å²) in [7, 11) is 0. The number of amides is 1. The Labute approximate surface area is 162 Å². The molecule has 150 valence electrons. The number of Topliss-reactive ketones (excluding diaryl/α,β-unsaturated/α-hetero) is 1. The van der Waals surface area contributed by atoms with Gasteiger partial charge in [-0.25, -0.2) is 0 Å². The van der Waals surface area contributed by atoms with E-state index in [1.807, 2.05) is 0 Å². The van der Waals surface area contributed by atoms with Crippen LogP contribution in [0.15, 0.2) is 48.7 Å². The molecule has 0 fully saturated rings. The Balaban J connectivity index is 1.50. The van der Waals surface area contributed by atoms with Gasteiger partial charge in [0.15, 0.2) is 11.5 Å². The number of nitrogens with zero attached hydrogens (tertiary/aromatic N) is 1. The quantitative estimate of drug-likeness (QED) is 0.662. The highest BCUT2D eigenvalue weighted by atomic mass is 19.4. The predicted octanol–water partition coefficient (Wildman–Crippen LogP) is 3.43. The zero-order valence-corrected chi connectivity index (χ0v) is 15.0. The molecule has 0 radical (unpaired) electrons. The lowest BCUT2D eigenvalue weighted by molar-refractivity contribution is -0.121. The van der Waals surface area contributed by atoms with E-state index >= 15 is 0 Å². The first-order chi connectivity index (χ1) is 13.8. The average Bonchev–Trinajstić information content (AvgIpc) is 3.29. The second-order valence-corrected chi connectivity index (χ2v) is 6.48. The van der Waals surface area contributed by atoms with Crippen LogP contribution in [0.3, 0.4) is 0 Å². The lowest BCUT2D eigenvalue weighted by atomic mass is 10.1. The van der Waals surface area contributed by atoms with Gasteiger partial charge in [-0.05, 0) is 23.8 Å². The molecule has 0 saturated heterocycles. The van der Waals surface area contributed by atoms with E-state index in [1.165, 1.54) is 10.6 Å². The number of benzene rings is 2. The van der Waals surface area contributed by atoms with Gasteiger partial charge in [-0.3, -0.25) is 9.59 Å². The molecule has 1 amide bonds. The van der Waals surface area contributed by atoms with Crippen LogP contribution in [0.4, 0.5) is 13.2 Å². The number of hydrogen-bond acceptors (Lipinski definition) is 4. The molecule has 0 bridgehead atoms. The van der Waals surface area contributed by atoms with Gasteiger partial charge in [0.25, 0.3) is 5.78 Å². The van der Waals surface area contributed by atoms with Crippen LogP contribution in [0.1, 0.15) is 15.9 Å². The number of alkyl halides is 3. The molecule has 1 aromatic heterocycles. The largest absolute Gasteiger partial charge is 0.454 e. The van der Waals surface area contributed by atoms with Gasteiger partial charge in [-0.15, -0.1) is 0 Å². The Morgan fingerprint density at radius 3 is 2.62 bits per heavy atom. The molecule has 9 heteroatoms. The van der Waals surface area contributed by atoms with Crippen molar-refractivity contribution >= 4 is 22.6 Å². The Kier molecular flexibility index (Phi) is 4.65. The van der Waals surface area contributed by atoms with Gasteiger partial charge in [-0.1, -0.05) is 24.3 Å². The molecule has 2 heterocycles. The minimum absolute atomic E-state index is 0.144. The van der Waals surface area contributed by atoms with Crippen molar-refractivity contribution in [2.75, 3.05) is 6.79 Å². The lowest BCUT2D eigenvalue weighted by Gasteiger charge is -2.08. The van der Waals surface area contributed by atoms with Crippen molar-refractivity contribution < 1.29 is 32.2 Å². The van der Waals surface area contributed by atoms with E-state index < -0.39 is 23.4 Å². The van der Waals surface area contributed by atoms with Gasteiger partial charge in [0.05, 0.1) is 5.56 Å². The van der Waals surface area contributed by atoms with Crippen LogP contribution in [0, 0.1) is 0 Å². The molecule has 1 aliphatic rings. The Morgan fingerprint density at radius 2 is 1.83 bits per heavy atom. The minimum atomic E-state index is -4.99. The maximum Gasteiger partial charge on any atom is 0.454 e. The molecule has 6 nitrogen and oxygen atoms in total. The second-order valence-electron chi connectivity index (χ2n) is 6.48. The molecule has 29 heavy (non-hydrogen) atoms. The highest BCUT2D eigenvalue weighted by Crippen LogP contribution is 2.32. The Hall–Kier alpha value is -3.49. The SMILES string of the molecule is O=C(Cn1cc(C(=O)C(F)(F)F)c2ccccc21)NCc1ccc2c(c1)OCO2. The van der Waals surface area contributed by atoms with E-state index in [1.54, 1.807) is 36.4 Å². The summed E-state index contributed by atoms with van der Waals surface area (Å²) in [6, 6.07) is 11.4. The molecule has 0 unspecified atom stereocenters. The monoisotopic (exact) mass is 404 g/mol. The molecule has 1 N–H and O–H groups in total. The lowest BCUT2D eigenvalue weighted by Crippen LogP contribution is -2.27. The Bertz CT molecular complexity index is 1100. The molecule has 4 rings (SSSR count). The third-order valence-electron chi connectivity index (χ3n) is 4.53. The maximum absolute atomic E-state index is 12.9. The van der Waals surface area contributed by atoms with Gasteiger partial charge in [0, 0.05) is 23.6 Å². The third kappa shape index (κ3) is 3.75. The average molecular weight is 404 g/mol. The predicted molar refractivity (Wildman–Crippen MR) is 96.7 cm³/mol. The van der Waals surface area contributed by atoms with E-state index in [2.05, 4.69) is 5.32 Å². The van der Waals surface area contributed by atoms with E-state index in [0.29, 0.717) is 17.0 Å². The number of rotatable bonds is 5. The van der Waals surface area contributed by atoms with Crippen molar-refractivity contribution in [3.05, 3.63) is 59.8 Å². The summed E-state index contributed by atoms with van der Waals surface area (Å²) in [5.74, 6) is -1.13. The standard InChI is InChI=1S/C20H15F3N2O4/c21-20(22,23)19(27)14-9-25(15-4-2-1-3-13(14)15)10-18(26)24-8-12-5-6-16-17(7-12)29-11-28-16/h1-7,9H,8,10-11H2,(H,24,26). The zero-order valence-electron chi connectivity index (χ0n) is 15.0. The molecule has 0 saturated carbocycles. The molecular formula is C20H15F3N2O4. The van der Waals surface area contributed by atoms with Crippen LogP contribution in [-0.2, 0) is 17.9 Å². The fourth-order valence-corrected chi connectivity index (χ4v) is 3.17. The van der Waals surface area contributed by atoms with Crippen molar-refractivity contribution in [2.45, 2.75) is 19.3 Å². The van der Waals surface area contributed by atoms with Crippen LogP contribution in [0.5, 0.6) is 11.5 Å². The number of carbonyl (C=O) groups excluding carboxylic acids is 2. The first-order valence-electron chi connectivity index (χ1n) is 8.67. The number of para-hydroxylation sites is 1. The summed E-state index contributed by atoms with van der Waals surface area (Å²) in [5.41, 5.74) is 0.683. The number of carbonyl (C=O) groups is 2. The van der Waals surface area contributed by atoms with Crippen LogP contribution >= 0.6 is 0 Å². The molecule has 1 aliphatic heterocycles. The number of hydrogen-bond donors (Lipinski definition) is 1. The maximum atomic E-state index is 12.9. The summed E-state index contributed by atoms with van der Waals surface area (Å²) >= 11 is 0. The number of ketones is 1. The minimum Gasteiger partial charge on any atom is -0.454 e. The molecule has 2 aromatic carbocycles. The number of ether oxygens (including phenoxy) is 2. The van der Waals surface area contributed by atoms with E-state index in [4.69, 9.17) is 9.47 Å². The van der Waals surface area contributed by atoms with Crippen molar-refractivity contribution in [3.63, 3.8) is 0 Å². The topological polar surface area (TPSA) is 69.6 Å². The summed E-state index contributed by atoms with van der Waals surface area (Å²) in [6.07, 6.45) is -3.92. The molecule has 0 atom stereocenters. The zero-order chi connectivity index (χ0) is 20.6. The van der Waals surface area contributed by atoms with Gasteiger partial charge in [-0.2, -0.15) is 13.2 Å². The second kappa shape index (κ2) is 7.16. The smallest absolute Gasteiger partial charge is 0.454 e. The van der Waals surface area contributed by atoms with Gasteiger partial charge in [0.1, 0.15) is 6.54 Å². The van der Waals surface area contributed by atoms with Crippen molar-refractivity contribution in [1.29, 1.82) is 0 Å². The van der Waals surface area contributed by atoms with Gasteiger partial charge in [0.2, 0.25) is 12.7 Å². The van der Waals surface area contributed by atoms with Crippen LogP contribution in [-0.4, -0.2) is 29.2 Å². The summed E-state index contributed by atoms with van der Waals surface area (Å²) in [5, 5.41) is 2.86. The number of halogens is 3. The van der Waals surface area contributed by atoms with Crippen molar-refractivity contribution in [2.24, 2.45) is 0 Å². The van der Waals surface area contributed by atoms with E-state index in [9.17, 15) is 22.8 Å². The molecule has 0 aliphatic carbocycles. The molecule has 3 aromatic rings. The highest BCUT2D eigenvalue weighted by molar-refractivity contribution is 6.10. The number of aromatic nitrogens is 1. The van der Waals surface area contributed by atoms with Crippen LogP contribution in [0.25, 0.3) is 10.9 Å². The van der Waals surface area contributed by atoms with Gasteiger partial charge < -0.3 is 19.4 Å². The first kappa shape index (κ1) is 18.9. The van der Waals surface area contributed by atoms with Crippen molar-refractivity contribution in [3.8, 4) is 11.5 Å².